The molecule has 0 radical (unpaired) electrons. The summed E-state index contributed by atoms with van der Waals surface area (Å²) in [6, 6.07) is 19.1. The molecule has 0 aliphatic rings. The summed E-state index contributed by atoms with van der Waals surface area (Å²) in [7, 11) is 1.50. The maximum absolute atomic E-state index is 15.3. The van der Waals surface area contributed by atoms with Crippen molar-refractivity contribution in [3.63, 3.8) is 0 Å². The van der Waals surface area contributed by atoms with Crippen molar-refractivity contribution in [2.24, 2.45) is 0 Å². The molecular formula is C22H20ClFO3S. The van der Waals surface area contributed by atoms with Gasteiger partial charge in [0.15, 0.2) is 12.5 Å². The smallest absolute Gasteiger partial charge is 0.188 e. The first-order chi connectivity index (χ1) is 13.6. The molecular weight excluding hydrogens is 399 g/mol. The largest absolute Gasteiger partial charge is 0.487 e. The first kappa shape index (κ1) is 20.5. The summed E-state index contributed by atoms with van der Waals surface area (Å²) >= 11 is 7.82. The molecule has 0 atom stereocenters. The van der Waals surface area contributed by atoms with E-state index >= 15 is 4.39 Å². The molecule has 0 unspecified atom stereocenters. The maximum Gasteiger partial charge on any atom is 0.188 e. The summed E-state index contributed by atoms with van der Waals surface area (Å²) < 4.78 is 31.7. The second kappa shape index (κ2) is 9.82. The molecule has 0 amide bonds. The molecule has 0 saturated heterocycles. The minimum atomic E-state index is -0.424. The second-order valence-corrected chi connectivity index (χ2v) is 7.44. The quantitative estimate of drug-likeness (QED) is 0.390. The monoisotopic (exact) mass is 418 g/mol. The Morgan fingerprint density at radius 1 is 0.929 bits per heavy atom. The lowest BCUT2D eigenvalue weighted by Crippen LogP contribution is -2.06. The van der Waals surface area contributed by atoms with Gasteiger partial charge in [-0.15, -0.1) is 0 Å². The number of halogens is 2. The van der Waals surface area contributed by atoms with Crippen LogP contribution in [-0.4, -0.2) is 13.9 Å². The van der Waals surface area contributed by atoms with Crippen molar-refractivity contribution in [3.8, 4) is 11.5 Å². The third-order valence-electron chi connectivity index (χ3n) is 3.98. The Bertz CT molecular complexity index is 920. The highest BCUT2D eigenvalue weighted by atomic mass is 35.5. The number of hydrogen-bond acceptors (Lipinski definition) is 4. The van der Waals surface area contributed by atoms with E-state index in [0.717, 1.165) is 10.5 Å². The van der Waals surface area contributed by atoms with E-state index in [1.165, 1.54) is 18.9 Å². The Morgan fingerprint density at radius 3 is 2.21 bits per heavy atom. The number of rotatable bonds is 8. The fourth-order valence-corrected chi connectivity index (χ4v) is 4.01. The molecule has 3 nitrogen and oxygen atoms in total. The molecule has 0 fully saturated rings. The lowest BCUT2D eigenvalue weighted by molar-refractivity contribution is 0.0485. The van der Waals surface area contributed by atoms with Crippen LogP contribution in [0.15, 0.2) is 70.5 Å². The second-order valence-electron chi connectivity index (χ2n) is 5.98. The molecule has 0 N–H and O–H groups in total. The first-order valence-electron chi connectivity index (χ1n) is 8.64. The van der Waals surface area contributed by atoms with Crippen LogP contribution < -0.4 is 9.47 Å². The van der Waals surface area contributed by atoms with E-state index in [-0.39, 0.29) is 29.9 Å². The Labute approximate surface area is 173 Å². The molecule has 0 saturated carbocycles. The van der Waals surface area contributed by atoms with Crippen LogP contribution in [0.2, 0.25) is 5.02 Å². The molecule has 0 aromatic heterocycles. The van der Waals surface area contributed by atoms with Crippen LogP contribution in [-0.2, 0) is 11.3 Å². The highest BCUT2D eigenvalue weighted by Crippen LogP contribution is 2.48. The zero-order chi connectivity index (χ0) is 19.9. The van der Waals surface area contributed by atoms with Gasteiger partial charge in [0.1, 0.15) is 23.2 Å². The SMILES string of the molecule is COCOc1c(Cl)c(OCc2ccccc2)c(C)c(F)c1Sc1ccccc1. The molecule has 3 aromatic rings. The van der Waals surface area contributed by atoms with Gasteiger partial charge in [-0.3, -0.25) is 0 Å². The van der Waals surface area contributed by atoms with Gasteiger partial charge < -0.3 is 14.2 Å². The Hall–Kier alpha value is -2.21. The zero-order valence-electron chi connectivity index (χ0n) is 15.6. The summed E-state index contributed by atoms with van der Waals surface area (Å²) in [4.78, 5) is 1.18. The predicted molar refractivity (Wildman–Crippen MR) is 110 cm³/mol. The van der Waals surface area contributed by atoms with E-state index in [1.54, 1.807) is 6.92 Å². The van der Waals surface area contributed by atoms with E-state index < -0.39 is 5.82 Å². The zero-order valence-corrected chi connectivity index (χ0v) is 17.1. The van der Waals surface area contributed by atoms with Crippen molar-refractivity contribution in [2.75, 3.05) is 13.9 Å². The van der Waals surface area contributed by atoms with Gasteiger partial charge in [0.05, 0.1) is 4.90 Å². The van der Waals surface area contributed by atoms with E-state index in [2.05, 4.69) is 0 Å². The summed E-state index contributed by atoms with van der Waals surface area (Å²) in [5.74, 6) is 0.0579. The molecule has 3 rings (SSSR count). The van der Waals surface area contributed by atoms with Crippen molar-refractivity contribution in [1.82, 2.24) is 0 Å². The number of methoxy groups -OCH3 is 1. The summed E-state index contributed by atoms with van der Waals surface area (Å²) in [5.41, 5.74) is 1.30. The van der Waals surface area contributed by atoms with Crippen molar-refractivity contribution >= 4 is 23.4 Å². The number of ether oxygens (including phenoxy) is 3. The van der Waals surface area contributed by atoms with E-state index in [9.17, 15) is 0 Å². The van der Waals surface area contributed by atoms with Crippen LogP contribution in [0.1, 0.15) is 11.1 Å². The van der Waals surface area contributed by atoms with Gasteiger partial charge >= 0.3 is 0 Å². The van der Waals surface area contributed by atoms with Crippen LogP contribution in [0.25, 0.3) is 0 Å². The Balaban J connectivity index is 1.98. The molecule has 146 valence electrons. The van der Waals surface area contributed by atoms with E-state index in [0.29, 0.717) is 10.5 Å². The van der Waals surface area contributed by atoms with E-state index in [1.807, 2.05) is 60.7 Å². The summed E-state index contributed by atoms with van der Waals surface area (Å²) in [6.07, 6.45) is 0. The van der Waals surface area contributed by atoms with Gasteiger partial charge in [-0.05, 0) is 24.6 Å². The molecule has 3 aromatic carbocycles. The predicted octanol–water partition coefficient (Wildman–Crippen LogP) is 6.50. The standard InChI is InChI=1S/C22H20ClFO3S/c1-15-19(24)22(28-17-11-7-4-8-12-17)21(27-14-25-2)18(23)20(15)26-13-16-9-5-3-6-10-16/h3-12H,13-14H2,1-2H3. The van der Waals surface area contributed by atoms with Crippen molar-refractivity contribution in [2.45, 2.75) is 23.3 Å². The molecule has 0 bridgehead atoms. The number of hydrogen-bond donors (Lipinski definition) is 0. The average molecular weight is 419 g/mol. The molecule has 0 heterocycles. The lowest BCUT2D eigenvalue weighted by Gasteiger charge is -2.19. The highest BCUT2D eigenvalue weighted by Gasteiger charge is 2.24. The number of benzene rings is 3. The van der Waals surface area contributed by atoms with Gasteiger partial charge in [-0.2, -0.15) is 0 Å². The molecule has 0 aliphatic carbocycles. The minimum absolute atomic E-state index is 0.0529. The van der Waals surface area contributed by atoms with Gasteiger partial charge in [0.25, 0.3) is 0 Å². The van der Waals surface area contributed by atoms with Gasteiger partial charge in [-0.1, -0.05) is 71.9 Å². The van der Waals surface area contributed by atoms with Crippen LogP contribution in [0.5, 0.6) is 11.5 Å². The lowest BCUT2D eigenvalue weighted by atomic mass is 10.2. The van der Waals surface area contributed by atoms with Crippen molar-refractivity contribution in [3.05, 3.63) is 82.6 Å². The van der Waals surface area contributed by atoms with Crippen LogP contribution >= 0.6 is 23.4 Å². The minimum Gasteiger partial charge on any atom is -0.487 e. The fourth-order valence-electron chi connectivity index (χ4n) is 2.58. The van der Waals surface area contributed by atoms with E-state index in [4.69, 9.17) is 25.8 Å². The van der Waals surface area contributed by atoms with Gasteiger partial charge in [-0.25, -0.2) is 4.39 Å². The highest BCUT2D eigenvalue weighted by molar-refractivity contribution is 7.99. The van der Waals surface area contributed by atoms with Gasteiger partial charge in [0, 0.05) is 17.6 Å². The molecule has 0 spiro atoms. The third-order valence-corrected chi connectivity index (χ3v) is 5.40. The molecule has 6 heteroatoms. The van der Waals surface area contributed by atoms with Crippen LogP contribution in [0.3, 0.4) is 0 Å². The molecule has 0 aliphatic heterocycles. The van der Waals surface area contributed by atoms with Crippen LogP contribution in [0.4, 0.5) is 4.39 Å². The first-order valence-corrected chi connectivity index (χ1v) is 9.84. The normalized spacial score (nSPS) is 10.7. The maximum atomic E-state index is 15.3. The van der Waals surface area contributed by atoms with Crippen LogP contribution in [0, 0.1) is 12.7 Å². The van der Waals surface area contributed by atoms with Gasteiger partial charge in [0.2, 0.25) is 0 Å². The fraction of sp³-hybridized carbons (Fsp3) is 0.182. The Kier molecular flexibility index (Phi) is 7.20. The average Bonchev–Trinajstić information content (AvgIpc) is 2.73. The van der Waals surface area contributed by atoms with Crippen molar-refractivity contribution < 1.29 is 18.6 Å². The summed E-state index contributed by atoms with van der Waals surface area (Å²) in [5, 5.41) is 0.227. The van der Waals surface area contributed by atoms with Crippen molar-refractivity contribution in [1.29, 1.82) is 0 Å². The Morgan fingerprint density at radius 2 is 1.57 bits per heavy atom. The molecule has 28 heavy (non-hydrogen) atoms. The summed E-state index contributed by atoms with van der Waals surface area (Å²) in [6.45, 7) is 1.87. The third kappa shape index (κ3) is 4.79. The topological polar surface area (TPSA) is 27.7 Å².